The van der Waals surface area contributed by atoms with Crippen molar-refractivity contribution in [1.82, 2.24) is 5.32 Å². The lowest BCUT2D eigenvalue weighted by Gasteiger charge is -2.13. The van der Waals surface area contributed by atoms with Gasteiger partial charge < -0.3 is 5.32 Å². The Bertz CT molecular complexity index is 367. The molecule has 1 aliphatic carbocycles. The van der Waals surface area contributed by atoms with E-state index in [1.807, 2.05) is 0 Å². The Morgan fingerprint density at radius 3 is 2.59 bits per heavy atom. The number of hydrogen-bond acceptors (Lipinski definition) is 1. The summed E-state index contributed by atoms with van der Waals surface area (Å²) >= 11 is 0. The zero-order valence-electron chi connectivity index (χ0n) is 10.8. The number of nitrogens with one attached hydrogen (secondary N) is 1. The van der Waals surface area contributed by atoms with Crippen LogP contribution >= 0.6 is 0 Å². The van der Waals surface area contributed by atoms with Crippen molar-refractivity contribution in [3.05, 3.63) is 35.1 Å². The molecule has 0 spiro atoms. The highest BCUT2D eigenvalue weighted by Crippen LogP contribution is 2.20. The Hall–Kier alpha value is -0.890. The average molecular weight is 235 g/mol. The first-order valence-electron chi connectivity index (χ1n) is 6.68. The standard InChI is InChI=1S/C15H22FN/c1-11(2)13-7-12(8-14(16)9-13)10-17-15-5-3-4-6-15/h7-9,11,15,17H,3-6,10H2,1-2H3. The van der Waals surface area contributed by atoms with Gasteiger partial charge in [0.05, 0.1) is 0 Å². The largest absolute Gasteiger partial charge is 0.310 e. The molecule has 0 aromatic heterocycles. The number of halogens is 1. The highest BCUT2D eigenvalue weighted by molar-refractivity contribution is 5.26. The molecular weight excluding hydrogens is 213 g/mol. The summed E-state index contributed by atoms with van der Waals surface area (Å²) in [6.07, 6.45) is 5.20. The molecule has 0 unspecified atom stereocenters. The molecule has 0 saturated heterocycles. The summed E-state index contributed by atoms with van der Waals surface area (Å²) < 4.78 is 13.5. The van der Waals surface area contributed by atoms with E-state index in [9.17, 15) is 4.39 Å². The van der Waals surface area contributed by atoms with E-state index in [-0.39, 0.29) is 5.82 Å². The van der Waals surface area contributed by atoms with Crippen LogP contribution in [0.5, 0.6) is 0 Å². The molecule has 0 aliphatic heterocycles. The summed E-state index contributed by atoms with van der Waals surface area (Å²) in [6, 6.07) is 6.05. The van der Waals surface area contributed by atoms with Crippen molar-refractivity contribution < 1.29 is 4.39 Å². The average Bonchev–Trinajstić information content (AvgIpc) is 2.78. The molecule has 0 bridgehead atoms. The minimum atomic E-state index is -0.112. The third kappa shape index (κ3) is 3.53. The van der Waals surface area contributed by atoms with Crippen LogP contribution in [0.2, 0.25) is 0 Å². The van der Waals surface area contributed by atoms with Crippen molar-refractivity contribution in [3.63, 3.8) is 0 Å². The van der Waals surface area contributed by atoms with Crippen LogP contribution in [0.15, 0.2) is 18.2 Å². The summed E-state index contributed by atoms with van der Waals surface area (Å²) in [5.74, 6) is 0.273. The second kappa shape index (κ2) is 5.63. The summed E-state index contributed by atoms with van der Waals surface area (Å²) in [4.78, 5) is 0. The lowest BCUT2D eigenvalue weighted by molar-refractivity contribution is 0.521. The van der Waals surface area contributed by atoms with Gasteiger partial charge in [-0.3, -0.25) is 0 Å². The van der Waals surface area contributed by atoms with Crippen LogP contribution < -0.4 is 5.32 Å². The van der Waals surface area contributed by atoms with Gasteiger partial charge in [-0.1, -0.05) is 32.8 Å². The molecule has 94 valence electrons. The Labute approximate surface area is 103 Å². The van der Waals surface area contributed by atoms with Crippen molar-refractivity contribution in [1.29, 1.82) is 0 Å². The Kier molecular flexibility index (Phi) is 4.16. The molecule has 1 saturated carbocycles. The predicted molar refractivity (Wildman–Crippen MR) is 69.6 cm³/mol. The maximum absolute atomic E-state index is 13.5. The molecule has 0 atom stereocenters. The fraction of sp³-hybridized carbons (Fsp3) is 0.600. The van der Waals surface area contributed by atoms with Gasteiger partial charge in [0, 0.05) is 12.6 Å². The molecule has 1 aromatic rings. The molecule has 17 heavy (non-hydrogen) atoms. The predicted octanol–water partition coefficient (Wildman–Crippen LogP) is 3.98. The van der Waals surface area contributed by atoms with E-state index in [2.05, 4.69) is 25.2 Å². The van der Waals surface area contributed by atoms with Crippen molar-refractivity contribution in [2.45, 2.75) is 58.0 Å². The van der Waals surface area contributed by atoms with E-state index < -0.39 is 0 Å². The van der Waals surface area contributed by atoms with E-state index in [1.165, 1.54) is 25.7 Å². The topological polar surface area (TPSA) is 12.0 Å². The Morgan fingerprint density at radius 2 is 1.94 bits per heavy atom. The van der Waals surface area contributed by atoms with Gasteiger partial charge in [-0.25, -0.2) is 4.39 Å². The first-order valence-corrected chi connectivity index (χ1v) is 6.68. The first kappa shape index (κ1) is 12.6. The molecule has 2 rings (SSSR count). The number of benzene rings is 1. The maximum atomic E-state index is 13.5. The van der Waals surface area contributed by atoms with Crippen molar-refractivity contribution in [2.24, 2.45) is 0 Å². The molecule has 1 nitrogen and oxygen atoms in total. The molecule has 0 heterocycles. The summed E-state index contributed by atoms with van der Waals surface area (Å²) in [5.41, 5.74) is 2.16. The maximum Gasteiger partial charge on any atom is 0.123 e. The fourth-order valence-electron chi connectivity index (χ4n) is 2.50. The van der Waals surface area contributed by atoms with Crippen LogP contribution in [0.4, 0.5) is 4.39 Å². The SMILES string of the molecule is CC(C)c1cc(F)cc(CNC2CCCC2)c1. The molecule has 1 fully saturated rings. The van der Waals surface area contributed by atoms with Gasteiger partial charge in [0.1, 0.15) is 5.82 Å². The quantitative estimate of drug-likeness (QED) is 0.832. The molecule has 1 aliphatic rings. The summed E-state index contributed by atoms with van der Waals surface area (Å²) in [5, 5.41) is 3.52. The monoisotopic (exact) mass is 235 g/mol. The highest BCUT2D eigenvalue weighted by atomic mass is 19.1. The molecule has 0 radical (unpaired) electrons. The minimum absolute atomic E-state index is 0.112. The molecule has 2 heteroatoms. The Balaban J connectivity index is 1.99. The van der Waals surface area contributed by atoms with E-state index >= 15 is 0 Å². The summed E-state index contributed by atoms with van der Waals surface area (Å²) in [6.45, 7) is 4.99. The zero-order chi connectivity index (χ0) is 12.3. The minimum Gasteiger partial charge on any atom is -0.310 e. The van der Waals surface area contributed by atoms with E-state index in [0.29, 0.717) is 12.0 Å². The van der Waals surface area contributed by atoms with Crippen molar-refractivity contribution in [2.75, 3.05) is 0 Å². The van der Waals surface area contributed by atoms with Gasteiger partial charge in [0.2, 0.25) is 0 Å². The van der Waals surface area contributed by atoms with E-state index in [4.69, 9.17) is 0 Å². The zero-order valence-corrected chi connectivity index (χ0v) is 10.8. The highest BCUT2D eigenvalue weighted by Gasteiger charge is 2.14. The van der Waals surface area contributed by atoms with Gasteiger partial charge in [-0.15, -0.1) is 0 Å². The number of hydrogen-bond donors (Lipinski definition) is 1. The lowest BCUT2D eigenvalue weighted by Crippen LogP contribution is -2.25. The van der Waals surface area contributed by atoms with Crippen LogP contribution in [-0.4, -0.2) is 6.04 Å². The molecule has 0 amide bonds. The van der Waals surface area contributed by atoms with Crippen molar-refractivity contribution >= 4 is 0 Å². The molecule has 1 N–H and O–H groups in total. The van der Waals surface area contributed by atoms with Gasteiger partial charge in [0.25, 0.3) is 0 Å². The second-order valence-corrected chi connectivity index (χ2v) is 5.41. The third-order valence-electron chi connectivity index (χ3n) is 3.60. The third-order valence-corrected chi connectivity index (χ3v) is 3.60. The summed E-state index contributed by atoms with van der Waals surface area (Å²) in [7, 11) is 0. The van der Waals surface area contributed by atoms with Crippen LogP contribution in [0.3, 0.4) is 0 Å². The van der Waals surface area contributed by atoms with Crippen LogP contribution in [0.1, 0.15) is 56.6 Å². The normalized spacial score (nSPS) is 16.9. The number of rotatable bonds is 4. The second-order valence-electron chi connectivity index (χ2n) is 5.41. The molecule has 1 aromatic carbocycles. The van der Waals surface area contributed by atoms with Crippen molar-refractivity contribution in [3.8, 4) is 0 Å². The van der Waals surface area contributed by atoms with Crippen LogP contribution in [0, 0.1) is 5.82 Å². The van der Waals surface area contributed by atoms with Crippen LogP contribution in [-0.2, 0) is 6.54 Å². The fourth-order valence-corrected chi connectivity index (χ4v) is 2.50. The molecular formula is C15H22FN. The van der Waals surface area contributed by atoms with Crippen LogP contribution in [0.25, 0.3) is 0 Å². The van der Waals surface area contributed by atoms with Gasteiger partial charge in [-0.2, -0.15) is 0 Å². The lowest BCUT2D eigenvalue weighted by atomic mass is 10.0. The van der Waals surface area contributed by atoms with E-state index in [1.54, 1.807) is 12.1 Å². The van der Waals surface area contributed by atoms with Gasteiger partial charge in [-0.05, 0) is 42.0 Å². The van der Waals surface area contributed by atoms with E-state index in [0.717, 1.165) is 17.7 Å². The first-order chi connectivity index (χ1) is 8.15. The smallest absolute Gasteiger partial charge is 0.123 e. The Morgan fingerprint density at radius 1 is 1.24 bits per heavy atom. The van der Waals surface area contributed by atoms with Gasteiger partial charge >= 0.3 is 0 Å². The van der Waals surface area contributed by atoms with Gasteiger partial charge in [0.15, 0.2) is 0 Å².